The molecule has 1 aromatic carbocycles. The van der Waals surface area contributed by atoms with Gasteiger partial charge in [-0.25, -0.2) is 12.7 Å². The molecule has 0 unspecified atom stereocenters. The second-order valence-corrected chi connectivity index (χ2v) is 9.71. The van der Waals surface area contributed by atoms with E-state index in [1.807, 2.05) is 17.9 Å². The maximum Gasteiger partial charge on any atom is 0.254 e. The van der Waals surface area contributed by atoms with E-state index in [1.165, 1.54) is 31.2 Å². The van der Waals surface area contributed by atoms with Gasteiger partial charge in [0.25, 0.3) is 5.91 Å². The molecule has 1 amide bonds. The van der Waals surface area contributed by atoms with Gasteiger partial charge in [-0.15, -0.1) is 0 Å². The van der Waals surface area contributed by atoms with Crippen molar-refractivity contribution in [2.45, 2.75) is 69.4 Å². The first-order valence-electron chi connectivity index (χ1n) is 9.10. The van der Waals surface area contributed by atoms with E-state index in [4.69, 9.17) is 0 Å². The number of hydrogen-bond donors (Lipinski definition) is 0. The van der Waals surface area contributed by atoms with Crippen LogP contribution in [0.15, 0.2) is 17.0 Å². The van der Waals surface area contributed by atoms with Crippen LogP contribution in [-0.2, 0) is 10.0 Å². The molecule has 6 heteroatoms. The van der Waals surface area contributed by atoms with Crippen molar-refractivity contribution in [2.24, 2.45) is 0 Å². The van der Waals surface area contributed by atoms with Crippen LogP contribution >= 0.6 is 0 Å². The van der Waals surface area contributed by atoms with E-state index in [0.717, 1.165) is 31.2 Å². The number of nitrogens with zero attached hydrogens (tertiary/aromatic N) is 2. The lowest BCUT2D eigenvalue weighted by Crippen LogP contribution is -2.40. The summed E-state index contributed by atoms with van der Waals surface area (Å²) in [5.74, 6) is -0.00675. The van der Waals surface area contributed by atoms with Gasteiger partial charge in [-0.2, -0.15) is 0 Å². The minimum absolute atomic E-state index is 0.00675. The average molecular weight is 365 g/mol. The predicted molar refractivity (Wildman–Crippen MR) is 98.2 cm³/mol. The van der Waals surface area contributed by atoms with Gasteiger partial charge in [0.15, 0.2) is 0 Å². The van der Waals surface area contributed by atoms with Crippen LogP contribution in [0.3, 0.4) is 0 Å². The molecule has 0 heterocycles. The van der Waals surface area contributed by atoms with Gasteiger partial charge >= 0.3 is 0 Å². The fourth-order valence-corrected chi connectivity index (χ4v) is 4.95. The normalized spacial score (nSPS) is 18.8. The molecular weight excluding hydrogens is 336 g/mol. The Kier molecular flexibility index (Phi) is 4.95. The van der Waals surface area contributed by atoms with Crippen LogP contribution in [0.25, 0.3) is 0 Å². The first-order valence-corrected chi connectivity index (χ1v) is 10.5. The van der Waals surface area contributed by atoms with E-state index in [-0.39, 0.29) is 10.8 Å². The van der Waals surface area contributed by atoms with E-state index in [2.05, 4.69) is 0 Å². The zero-order chi connectivity index (χ0) is 18.4. The van der Waals surface area contributed by atoms with Crippen LogP contribution in [0.5, 0.6) is 0 Å². The summed E-state index contributed by atoms with van der Waals surface area (Å²) in [7, 11) is -0.530. The maximum absolute atomic E-state index is 13.2. The fraction of sp³-hybridized carbons (Fsp3) is 0.632. The molecule has 0 aliphatic heterocycles. The highest BCUT2D eigenvalue weighted by molar-refractivity contribution is 7.89. The molecule has 2 aliphatic carbocycles. The molecule has 2 saturated carbocycles. The monoisotopic (exact) mass is 364 g/mol. The second-order valence-electron chi connectivity index (χ2n) is 7.59. The van der Waals surface area contributed by atoms with Gasteiger partial charge in [0.1, 0.15) is 0 Å². The molecule has 0 spiro atoms. The maximum atomic E-state index is 13.2. The van der Waals surface area contributed by atoms with E-state index < -0.39 is 10.0 Å². The van der Waals surface area contributed by atoms with Gasteiger partial charge in [0.05, 0.1) is 4.90 Å². The number of rotatable bonds is 5. The second kappa shape index (κ2) is 6.72. The van der Waals surface area contributed by atoms with Crippen molar-refractivity contribution < 1.29 is 13.2 Å². The number of carbonyl (C=O) groups is 1. The Hall–Kier alpha value is -1.40. The topological polar surface area (TPSA) is 57.7 Å². The standard InChI is InChI=1S/C19H28N2O3S/c1-13-11-15(12-18(14(13)2)25(23,24)20(3)4)19(22)21(17-9-10-17)16-7-5-6-8-16/h11-12,16-17H,5-10H2,1-4H3. The number of aryl methyl sites for hydroxylation is 1. The molecule has 5 nitrogen and oxygen atoms in total. The molecule has 138 valence electrons. The number of amides is 1. The van der Waals surface area contributed by atoms with Crippen LogP contribution < -0.4 is 0 Å². The highest BCUT2D eigenvalue weighted by Gasteiger charge is 2.39. The lowest BCUT2D eigenvalue weighted by molar-refractivity contribution is 0.0664. The predicted octanol–water partition coefficient (Wildman–Crippen LogP) is 3.10. The Morgan fingerprint density at radius 1 is 1.00 bits per heavy atom. The van der Waals surface area contributed by atoms with Gasteiger partial charge in [0, 0.05) is 31.7 Å². The first-order chi connectivity index (χ1) is 11.7. The lowest BCUT2D eigenvalue weighted by atomic mass is 10.0. The summed E-state index contributed by atoms with van der Waals surface area (Å²) < 4.78 is 26.5. The molecule has 0 aromatic heterocycles. The number of hydrogen-bond acceptors (Lipinski definition) is 3. The molecule has 25 heavy (non-hydrogen) atoms. The zero-order valence-corrected chi connectivity index (χ0v) is 16.4. The summed E-state index contributed by atoms with van der Waals surface area (Å²) in [6.07, 6.45) is 6.61. The van der Waals surface area contributed by atoms with Gasteiger partial charge in [-0.3, -0.25) is 4.79 Å². The SMILES string of the molecule is Cc1cc(C(=O)N(C2CCCC2)C2CC2)cc(S(=O)(=O)N(C)C)c1C. The van der Waals surface area contributed by atoms with Gasteiger partial charge in [-0.1, -0.05) is 12.8 Å². The molecule has 0 radical (unpaired) electrons. The summed E-state index contributed by atoms with van der Waals surface area (Å²) in [5.41, 5.74) is 2.06. The van der Waals surface area contributed by atoms with Crippen molar-refractivity contribution >= 4 is 15.9 Å². The van der Waals surface area contributed by atoms with Crippen LogP contribution in [0.1, 0.15) is 60.0 Å². The molecule has 0 bridgehead atoms. The van der Waals surface area contributed by atoms with Crippen LogP contribution in [0.4, 0.5) is 0 Å². The summed E-state index contributed by atoms with van der Waals surface area (Å²) in [4.78, 5) is 15.5. The highest BCUT2D eigenvalue weighted by Crippen LogP contribution is 2.36. The third-order valence-electron chi connectivity index (χ3n) is 5.52. The Balaban J connectivity index is 2.01. The Morgan fingerprint density at radius 2 is 1.56 bits per heavy atom. The van der Waals surface area contributed by atoms with Crippen LogP contribution in [0.2, 0.25) is 0 Å². The van der Waals surface area contributed by atoms with E-state index in [9.17, 15) is 13.2 Å². The summed E-state index contributed by atoms with van der Waals surface area (Å²) in [6, 6.07) is 4.07. The van der Waals surface area contributed by atoms with Crippen molar-refractivity contribution in [1.82, 2.24) is 9.21 Å². The Labute approximate surface area is 151 Å². The average Bonchev–Trinajstić information content (AvgIpc) is 3.23. The molecule has 0 atom stereocenters. The van der Waals surface area contributed by atoms with E-state index >= 15 is 0 Å². The van der Waals surface area contributed by atoms with E-state index in [0.29, 0.717) is 23.2 Å². The summed E-state index contributed by atoms with van der Waals surface area (Å²) >= 11 is 0. The number of sulfonamides is 1. The number of benzene rings is 1. The molecule has 0 saturated heterocycles. The summed E-state index contributed by atoms with van der Waals surface area (Å²) in [5, 5.41) is 0. The van der Waals surface area contributed by atoms with Gasteiger partial charge in [0.2, 0.25) is 10.0 Å². The van der Waals surface area contributed by atoms with Crippen molar-refractivity contribution in [3.05, 3.63) is 28.8 Å². The van der Waals surface area contributed by atoms with Crippen LogP contribution in [0, 0.1) is 13.8 Å². The third-order valence-corrected chi connectivity index (χ3v) is 7.46. The van der Waals surface area contributed by atoms with Crippen molar-refractivity contribution in [1.29, 1.82) is 0 Å². The third kappa shape index (κ3) is 3.47. The Bertz CT molecular complexity index is 776. The molecule has 3 rings (SSSR count). The van der Waals surface area contributed by atoms with Gasteiger partial charge < -0.3 is 4.90 Å². The van der Waals surface area contributed by atoms with Gasteiger partial charge in [-0.05, 0) is 62.8 Å². The molecular formula is C19H28N2O3S. The largest absolute Gasteiger partial charge is 0.333 e. The fourth-order valence-electron chi connectivity index (χ4n) is 3.73. The smallest absolute Gasteiger partial charge is 0.254 e. The van der Waals surface area contributed by atoms with Crippen LogP contribution in [-0.4, -0.2) is 49.7 Å². The highest BCUT2D eigenvalue weighted by atomic mass is 32.2. The minimum atomic E-state index is -3.57. The first kappa shape index (κ1) is 18.4. The zero-order valence-electron chi connectivity index (χ0n) is 15.6. The minimum Gasteiger partial charge on any atom is -0.333 e. The molecule has 2 fully saturated rings. The summed E-state index contributed by atoms with van der Waals surface area (Å²) in [6.45, 7) is 3.67. The lowest BCUT2D eigenvalue weighted by Gasteiger charge is -2.29. The quantitative estimate of drug-likeness (QED) is 0.807. The Morgan fingerprint density at radius 3 is 2.08 bits per heavy atom. The van der Waals surface area contributed by atoms with Crippen molar-refractivity contribution in [3.8, 4) is 0 Å². The molecule has 2 aliphatic rings. The number of carbonyl (C=O) groups excluding carboxylic acids is 1. The van der Waals surface area contributed by atoms with Crippen molar-refractivity contribution in [2.75, 3.05) is 14.1 Å². The molecule has 1 aromatic rings. The van der Waals surface area contributed by atoms with E-state index in [1.54, 1.807) is 13.0 Å². The molecule has 0 N–H and O–H groups in total. The van der Waals surface area contributed by atoms with Crippen molar-refractivity contribution in [3.63, 3.8) is 0 Å².